The van der Waals surface area contributed by atoms with Crippen molar-refractivity contribution in [1.29, 1.82) is 0 Å². The SMILES string of the molecule is CN=C(NCCN(C(C)C)C(C)C)N1CCC(C(=O)OC)CC1.I. The number of nitrogens with zero attached hydrogens (tertiary/aromatic N) is 3. The molecule has 6 nitrogen and oxygen atoms in total. The molecule has 1 aliphatic heterocycles. The van der Waals surface area contributed by atoms with Crippen LogP contribution in [-0.4, -0.2) is 74.1 Å². The second-order valence-electron chi connectivity index (χ2n) is 6.68. The smallest absolute Gasteiger partial charge is 0.308 e. The summed E-state index contributed by atoms with van der Waals surface area (Å²) >= 11 is 0. The van der Waals surface area contributed by atoms with Crippen molar-refractivity contribution in [1.82, 2.24) is 15.1 Å². The number of carbonyl (C=O) groups is 1. The number of ether oxygens (including phenoxy) is 1. The highest BCUT2D eigenvalue weighted by atomic mass is 127. The van der Waals surface area contributed by atoms with Gasteiger partial charge in [0, 0.05) is 45.3 Å². The Hall–Kier alpha value is -0.570. The van der Waals surface area contributed by atoms with E-state index in [0.717, 1.165) is 45.0 Å². The molecule has 0 atom stereocenters. The number of likely N-dealkylation sites (tertiary alicyclic amines) is 1. The van der Waals surface area contributed by atoms with E-state index < -0.39 is 0 Å². The summed E-state index contributed by atoms with van der Waals surface area (Å²) in [6.45, 7) is 12.5. The van der Waals surface area contributed by atoms with Crippen molar-refractivity contribution >= 4 is 35.9 Å². The maximum atomic E-state index is 11.6. The lowest BCUT2D eigenvalue weighted by Crippen LogP contribution is -2.49. The van der Waals surface area contributed by atoms with Gasteiger partial charge in [-0.25, -0.2) is 0 Å². The van der Waals surface area contributed by atoms with Crippen molar-refractivity contribution in [3.8, 4) is 0 Å². The number of aliphatic imine (C=N–C) groups is 1. The van der Waals surface area contributed by atoms with E-state index in [-0.39, 0.29) is 35.9 Å². The zero-order valence-electron chi connectivity index (χ0n) is 16.0. The molecular weight excluding hydrogens is 419 g/mol. The van der Waals surface area contributed by atoms with Gasteiger partial charge in [-0.2, -0.15) is 0 Å². The van der Waals surface area contributed by atoms with Crippen molar-refractivity contribution in [2.24, 2.45) is 10.9 Å². The third-order valence-electron chi connectivity index (χ3n) is 4.52. The molecule has 0 aromatic rings. The largest absolute Gasteiger partial charge is 0.469 e. The van der Waals surface area contributed by atoms with Gasteiger partial charge in [0.05, 0.1) is 13.0 Å². The second-order valence-corrected chi connectivity index (χ2v) is 6.68. The highest BCUT2D eigenvalue weighted by molar-refractivity contribution is 14.0. The zero-order valence-corrected chi connectivity index (χ0v) is 18.4. The van der Waals surface area contributed by atoms with Crippen molar-refractivity contribution in [3.63, 3.8) is 0 Å². The molecule has 1 N–H and O–H groups in total. The number of piperidine rings is 1. The third kappa shape index (κ3) is 7.13. The first-order chi connectivity index (χ1) is 10.9. The fraction of sp³-hybridized carbons (Fsp3) is 0.882. The average Bonchev–Trinajstić information content (AvgIpc) is 2.53. The van der Waals surface area contributed by atoms with Crippen LogP contribution < -0.4 is 5.32 Å². The van der Waals surface area contributed by atoms with Crippen molar-refractivity contribution in [2.45, 2.75) is 52.6 Å². The molecule has 0 aromatic heterocycles. The van der Waals surface area contributed by atoms with E-state index in [1.165, 1.54) is 7.11 Å². The predicted molar refractivity (Wildman–Crippen MR) is 110 cm³/mol. The summed E-state index contributed by atoms with van der Waals surface area (Å²) in [5.74, 6) is 0.879. The van der Waals surface area contributed by atoms with Crippen LogP contribution in [0.4, 0.5) is 0 Å². The second kappa shape index (κ2) is 11.9. The quantitative estimate of drug-likeness (QED) is 0.289. The van der Waals surface area contributed by atoms with E-state index in [4.69, 9.17) is 4.74 Å². The highest BCUT2D eigenvalue weighted by Gasteiger charge is 2.27. The first-order valence-electron chi connectivity index (χ1n) is 8.69. The van der Waals surface area contributed by atoms with Gasteiger partial charge in [-0.05, 0) is 40.5 Å². The number of hydrogen-bond acceptors (Lipinski definition) is 4. The van der Waals surface area contributed by atoms with E-state index >= 15 is 0 Å². The first kappa shape index (κ1) is 23.4. The average molecular weight is 454 g/mol. The highest BCUT2D eigenvalue weighted by Crippen LogP contribution is 2.18. The van der Waals surface area contributed by atoms with Crippen LogP contribution in [0.2, 0.25) is 0 Å². The molecule has 0 bridgehead atoms. The number of carbonyl (C=O) groups excluding carboxylic acids is 1. The van der Waals surface area contributed by atoms with Crippen LogP contribution in [0, 0.1) is 5.92 Å². The van der Waals surface area contributed by atoms with E-state index in [1.54, 1.807) is 0 Å². The van der Waals surface area contributed by atoms with Gasteiger partial charge < -0.3 is 15.0 Å². The Morgan fingerprint density at radius 3 is 2.21 bits per heavy atom. The fourth-order valence-electron chi connectivity index (χ4n) is 3.24. The first-order valence-corrected chi connectivity index (χ1v) is 8.69. The minimum atomic E-state index is -0.0860. The Morgan fingerprint density at radius 1 is 1.25 bits per heavy atom. The van der Waals surface area contributed by atoms with Gasteiger partial charge in [0.15, 0.2) is 5.96 Å². The Balaban J connectivity index is 0.00000529. The zero-order chi connectivity index (χ0) is 17.4. The van der Waals surface area contributed by atoms with Crippen molar-refractivity contribution in [3.05, 3.63) is 0 Å². The van der Waals surface area contributed by atoms with Gasteiger partial charge in [-0.3, -0.25) is 14.7 Å². The molecule has 7 heteroatoms. The molecule has 0 unspecified atom stereocenters. The number of nitrogens with one attached hydrogen (secondary N) is 1. The van der Waals surface area contributed by atoms with E-state index in [0.29, 0.717) is 12.1 Å². The van der Waals surface area contributed by atoms with Gasteiger partial charge in [-0.15, -0.1) is 24.0 Å². The minimum absolute atomic E-state index is 0. The maximum absolute atomic E-state index is 11.6. The van der Waals surface area contributed by atoms with E-state index in [9.17, 15) is 4.79 Å². The summed E-state index contributed by atoms with van der Waals surface area (Å²) in [7, 11) is 3.28. The molecular formula is C17H35IN4O2. The monoisotopic (exact) mass is 454 g/mol. The van der Waals surface area contributed by atoms with Gasteiger partial charge in [0.25, 0.3) is 0 Å². The number of esters is 1. The molecule has 24 heavy (non-hydrogen) atoms. The van der Waals surface area contributed by atoms with Gasteiger partial charge in [0.1, 0.15) is 0 Å². The van der Waals surface area contributed by atoms with Gasteiger partial charge >= 0.3 is 5.97 Å². The van der Waals surface area contributed by atoms with Crippen molar-refractivity contribution < 1.29 is 9.53 Å². The molecule has 0 saturated carbocycles. The van der Waals surface area contributed by atoms with Crippen molar-refractivity contribution in [2.75, 3.05) is 40.3 Å². The number of rotatable bonds is 6. The van der Waals surface area contributed by atoms with E-state index in [1.807, 2.05) is 7.05 Å². The fourth-order valence-corrected chi connectivity index (χ4v) is 3.24. The van der Waals surface area contributed by atoms with Crippen LogP contribution in [-0.2, 0) is 9.53 Å². The molecule has 0 radical (unpaired) electrons. The Morgan fingerprint density at radius 2 is 1.79 bits per heavy atom. The van der Waals surface area contributed by atoms with E-state index in [2.05, 4.69) is 47.8 Å². The maximum Gasteiger partial charge on any atom is 0.308 e. The number of halogens is 1. The molecule has 1 saturated heterocycles. The molecule has 1 aliphatic rings. The normalized spacial score (nSPS) is 16.5. The summed E-state index contributed by atoms with van der Waals surface area (Å²) in [4.78, 5) is 20.7. The summed E-state index contributed by atoms with van der Waals surface area (Å²) in [6, 6.07) is 1.07. The van der Waals surface area contributed by atoms with Crippen LogP contribution in [0.1, 0.15) is 40.5 Å². The Kier molecular flexibility index (Phi) is 11.6. The molecule has 0 spiro atoms. The third-order valence-corrected chi connectivity index (χ3v) is 4.52. The number of guanidine groups is 1. The van der Waals surface area contributed by atoms with Crippen LogP contribution in [0.15, 0.2) is 4.99 Å². The number of hydrogen-bond donors (Lipinski definition) is 1. The molecule has 1 rings (SSSR count). The summed E-state index contributed by atoms with van der Waals surface area (Å²) in [6.07, 6.45) is 1.66. The number of methoxy groups -OCH3 is 1. The van der Waals surface area contributed by atoms with Gasteiger partial charge in [-0.1, -0.05) is 0 Å². The lowest BCUT2D eigenvalue weighted by atomic mass is 9.97. The molecule has 1 fully saturated rings. The van der Waals surface area contributed by atoms with Crippen LogP contribution in [0.3, 0.4) is 0 Å². The molecule has 0 aliphatic carbocycles. The van der Waals surface area contributed by atoms with Crippen LogP contribution in [0.25, 0.3) is 0 Å². The molecule has 1 heterocycles. The Bertz CT molecular complexity index is 386. The lowest BCUT2D eigenvalue weighted by Gasteiger charge is -2.34. The van der Waals surface area contributed by atoms with Gasteiger partial charge in [0.2, 0.25) is 0 Å². The molecule has 0 amide bonds. The topological polar surface area (TPSA) is 57.2 Å². The predicted octanol–water partition coefficient (Wildman–Crippen LogP) is 2.18. The van der Waals surface area contributed by atoms with Crippen LogP contribution in [0.5, 0.6) is 0 Å². The molecule has 0 aromatic carbocycles. The minimum Gasteiger partial charge on any atom is -0.469 e. The lowest BCUT2D eigenvalue weighted by molar-refractivity contribution is -0.146. The standard InChI is InChI=1S/C17H34N4O2.HI/c1-13(2)21(14(3)4)12-9-19-17(18-5)20-10-7-15(8-11-20)16(22)23-6;/h13-15H,7-12H2,1-6H3,(H,18,19);1H. The summed E-state index contributed by atoms with van der Waals surface area (Å²) in [5.41, 5.74) is 0. The molecule has 142 valence electrons. The summed E-state index contributed by atoms with van der Waals surface area (Å²) < 4.78 is 4.84. The Labute approximate surface area is 164 Å². The van der Waals surface area contributed by atoms with Crippen LogP contribution >= 0.6 is 24.0 Å². The summed E-state index contributed by atoms with van der Waals surface area (Å²) in [5, 5.41) is 3.46.